The fraction of sp³-hybridized carbons (Fsp3) is 0.429. The summed E-state index contributed by atoms with van der Waals surface area (Å²) >= 11 is 0. The Kier molecular flexibility index (Phi) is 4.12. The quantitative estimate of drug-likeness (QED) is 0.751. The zero-order chi connectivity index (χ0) is 14.7. The van der Waals surface area contributed by atoms with E-state index in [0.29, 0.717) is 17.7 Å². The highest BCUT2D eigenvalue weighted by molar-refractivity contribution is 5.76. The van der Waals surface area contributed by atoms with Crippen molar-refractivity contribution in [3.8, 4) is 11.5 Å². The van der Waals surface area contributed by atoms with Gasteiger partial charge in [-0.2, -0.15) is 0 Å². The molecule has 0 radical (unpaired) electrons. The van der Waals surface area contributed by atoms with Gasteiger partial charge in [0.1, 0.15) is 23.6 Å². The molecule has 6 heteroatoms. The van der Waals surface area contributed by atoms with Crippen molar-refractivity contribution in [1.29, 1.82) is 0 Å². The molecule has 0 bridgehead atoms. The van der Waals surface area contributed by atoms with Gasteiger partial charge in [-0.3, -0.25) is 4.79 Å². The smallest absolute Gasteiger partial charge is 0.326 e. The minimum Gasteiger partial charge on any atom is -0.496 e. The first kappa shape index (κ1) is 14.2. The van der Waals surface area contributed by atoms with Crippen LogP contribution in [0, 0.1) is 0 Å². The van der Waals surface area contributed by atoms with E-state index >= 15 is 0 Å². The number of nitrogens with one attached hydrogen (secondary N) is 1. The van der Waals surface area contributed by atoms with Gasteiger partial charge in [-0.1, -0.05) is 0 Å². The molecule has 2 atom stereocenters. The average molecular weight is 279 g/mol. The molecular weight excluding hydrogens is 262 g/mol. The number of fused-ring (bicyclic) bond motifs is 1. The van der Waals surface area contributed by atoms with Gasteiger partial charge < -0.3 is 19.9 Å². The predicted octanol–water partition coefficient (Wildman–Crippen LogP) is 0.760. The third kappa shape index (κ3) is 2.84. The molecule has 1 aromatic rings. The first-order valence-corrected chi connectivity index (χ1v) is 6.34. The maximum Gasteiger partial charge on any atom is 0.326 e. The lowest BCUT2D eigenvalue weighted by atomic mass is 10.0. The maximum absolute atomic E-state index is 11.1. The van der Waals surface area contributed by atoms with Crippen molar-refractivity contribution >= 4 is 12.4 Å². The second kappa shape index (κ2) is 5.81. The van der Waals surface area contributed by atoms with Crippen LogP contribution in [0.25, 0.3) is 0 Å². The molecule has 0 saturated heterocycles. The van der Waals surface area contributed by atoms with E-state index in [1.807, 2.05) is 13.0 Å². The van der Waals surface area contributed by atoms with Gasteiger partial charge in [-0.05, 0) is 19.1 Å². The van der Waals surface area contributed by atoms with Crippen LogP contribution in [-0.4, -0.2) is 36.7 Å². The third-order valence-corrected chi connectivity index (χ3v) is 3.29. The molecular formula is C14H17NO5. The van der Waals surface area contributed by atoms with Gasteiger partial charge in [0.25, 0.3) is 0 Å². The molecule has 108 valence electrons. The molecule has 6 nitrogen and oxygen atoms in total. The van der Waals surface area contributed by atoms with E-state index < -0.39 is 12.0 Å². The molecule has 2 rings (SSSR count). The summed E-state index contributed by atoms with van der Waals surface area (Å²) in [6, 6.07) is 2.67. The molecule has 1 amide bonds. The normalized spacial score (nSPS) is 17.8. The number of hydrogen-bond acceptors (Lipinski definition) is 4. The van der Waals surface area contributed by atoms with Crippen molar-refractivity contribution in [1.82, 2.24) is 5.32 Å². The lowest BCUT2D eigenvalue weighted by molar-refractivity contribution is -0.140. The number of carbonyl (C=O) groups is 2. The molecule has 1 aliphatic heterocycles. The molecule has 20 heavy (non-hydrogen) atoms. The Hall–Kier alpha value is -2.24. The highest BCUT2D eigenvalue weighted by Crippen LogP contribution is 2.35. The molecule has 0 saturated carbocycles. The van der Waals surface area contributed by atoms with Gasteiger partial charge in [0.05, 0.1) is 7.11 Å². The van der Waals surface area contributed by atoms with Gasteiger partial charge in [0.15, 0.2) is 0 Å². The largest absolute Gasteiger partial charge is 0.496 e. The summed E-state index contributed by atoms with van der Waals surface area (Å²) in [4.78, 5) is 21.5. The molecule has 0 aliphatic carbocycles. The Morgan fingerprint density at radius 1 is 1.65 bits per heavy atom. The maximum atomic E-state index is 11.1. The van der Waals surface area contributed by atoms with Crippen molar-refractivity contribution in [2.45, 2.75) is 31.9 Å². The Labute approximate surface area is 116 Å². The Bertz CT molecular complexity index is 529. The second-order valence-electron chi connectivity index (χ2n) is 4.78. The number of hydrogen-bond donors (Lipinski definition) is 2. The molecule has 1 aliphatic rings. The van der Waals surface area contributed by atoms with Crippen molar-refractivity contribution in [2.24, 2.45) is 0 Å². The summed E-state index contributed by atoms with van der Waals surface area (Å²) in [5, 5.41) is 11.4. The molecule has 2 unspecified atom stereocenters. The van der Waals surface area contributed by atoms with E-state index in [4.69, 9.17) is 14.6 Å². The lowest BCUT2D eigenvalue weighted by Gasteiger charge is -2.15. The predicted molar refractivity (Wildman–Crippen MR) is 71.1 cm³/mol. The first-order valence-electron chi connectivity index (χ1n) is 6.34. The number of carbonyl (C=O) groups excluding carboxylic acids is 1. The number of methoxy groups -OCH3 is 1. The topological polar surface area (TPSA) is 84.9 Å². The fourth-order valence-corrected chi connectivity index (χ4v) is 2.35. The monoisotopic (exact) mass is 279 g/mol. The van der Waals surface area contributed by atoms with Crippen LogP contribution in [0.5, 0.6) is 11.5 Å². The average Bonchev–Trinajstić information content (AvgIpc) is 2.76. The van der Waals surface area contributed by atoms with Crippen molar-refractivity contribution in [2.75, 3.05) is 7.11 Å². The molecule has 0 fully saturated rings. The summed E-state index contributed by atoms with van der Waals surface area (Å²) in [5.74, 6) is 0.276. The van der Waals surface area contributed by atoms with Crippen LogP contribution in [0.4, 0.5) is 0 Å². The summed E-state index contributed by atoms with van der Waals surface area (Å²) in [6.45, 7) is 1.97. The number of ether oxygens (including phenoxy) is 2. The third-order valence-electron chi connectivity index (χ3n) is 3.29. The van der Waals surface area contributed by atoms with Crippen molar-refractivity contribution in [3.63, 3.8) is 0 Å². The molecule has 2 N–H and O–H groups in total. The standard InChI is InChI=1S/C14H17NO5/c1-8-3-9-5-12(19-2)10(6-13(9)20-8)4-11(14(17)18)15-7-16/h5-8,11H,3-4H2,1-2H3,(H,15,16)(H,17,18). The Morgan fingerprint density at radius 3 is 3.00 bits per heavy atom. The zero-order valence-corrected chi connectivity index (χ0v) is 11.4. The van der Waals surface area contributed by atoms with Crippen LogP contribution >= 0.6 is 0 Å². The van der Waals surface area contributed by atoms with Crippen molar-refractivity contribution < 1.29 is 24.2 Å². The number of aliphatic carboxylic acids is 1. The van der Waals surface area contributed by atoms with Crippen LogP contribution in [-0.2, 0) is 22.4 Å². The Balaban J connectivity index is 2.29. The zero-order valence-electron chi connectivity index (χ0n) is 11.4. The first-order chi connectivity index (χ1) is 9.55. The van der Waals surface area contributed by atoms with E-state index in [1.54, 1.807) is 6.07 Å². The molecule has 1 aromatic carbocycles. The van der Waals surface area contributed by atoms with Gasteiger partial charge in [0.2, 0.25) is 6.41 Å². The minimum atomic E-state index is -1.09. The summed E-state index contributed by atoms with van der Waals surface area (Å²) in [7, 11) is 1.54. The van der Waals surface area contributed by atoms with Crippen LogP contribution in [0.15, 0.2) is 12.1 Å². The second-order valence-corrected chi connectivity index (χ2v) is 4.78. The highest BCUT2D eigenvalue weighted by Gasteiger charge is 2.24. The van der Waals surface area contributed by atoms with Gasteiger partial charge in [0, 0.05) is 24.0 Å². The molecule has 0 spiro atoms. The number of benzene rings is 1. The Morgan fingerprint density at radius 2 is 2.40 bits per heavy atom. The molecule has 1 heterocycles. The fourth-order valence-electron chi connectivity index (χ4n) is 2.35. The number of rotatable bonds is 6. The minimum absolute atomic E-state index is 0.105. The van der Waals surface area contributed by atoms with Crippen LogP contribution < -0.4 is 14.8 Å². The SMILES string of the molecule is COc1cc2c(cc1CC(NC=O)C(=O)O)OC(C)C2. The number of carboxylic acids is 1. The van der Waals surface area contributed by atoms with Gasteiger partial charge >= 0.3 is 5.97 Å². The van der Waals surface area contributed by atoms with E-state index in [2.05, 4.69) is 5.32 Å². The van der Waals surface area contributed by atoms with Crippen LogP contribution in [0.1, 0.15) is 18.1 Å². The van der Waals surface area contributed by atoms with E-state index in [1.165, 1.54) is 7.11 Å². The lowest BCUT2D eigenvalue weighted by Crippen LogP contribution is -2.37. The van der Waals surface area contributed by atoms with E-state index in [-0.39, 0.29) is 12.5 Å². The highest BCUT2D eigenvalue weighted by atomic mass is 16.5. The van der Waals surface area contributed by atoms with Crippen LogP contribution in [0.3, 0.4) is 0 Å². The van der Waals surface area contributed by atoms with E-state index in [0.717, 1.165) is 17.7 Å². The summed E-state index contributed by atoms with van der Waals surface area (Å²) in [5.41, 5.74) is 1.75. The summed E-state index contributed by atoms with van der Waals surface area (Å²) < 4.78 is 11.0. The van der Waals surface area contributed by atoms with Crippen LogP contribution in [0.2, 0.25) is 0 Å². The number of carboxylic acid groups (broad SMARTS) is 1. The van der Waals surface area contributed by atoms with Gasteiger partial charge in [-0.25, -0.2) is 4.79 Å². The number of amides is 1. The van der Waals surface area contributed by atoms with Crippen molar-refractivity contribution in [3.05, 3.63) is 23.3 Å². The molecule has 0 aromatic heterocycles. The van der Waals surface area contributed by atoms with Gasteiger partial charge in [-0.15, -0.1) is 0 Å². The van der Waals surface area contributed by atoms with E-state index in [9.17, 15) is 9.59 Å². The summed E-state index contributed by atoms with van der Waals surface area (Å²) in [6.07, 6.45) is 1.44.